The molecule has 1 nitrogen and oxygen atoms in total. The molecule has 0 aliphatic heterocycles. The second kappa shape index (κ2) is 6.24. The molecule has 1 unspecified atom stereocenters. The highest BCUT2D eigenvalue weighted by Crippen LogP contribution is 2.27. The smallest absolute Gasteiger partial charge is 0.143 e. The minimum atomic E-state index is -0.565. The van der Waals surface area contributed by atoms with Crippen molar-refractivity contribution in [3.63, 3.8) is 0 Å². The van der Waals surface area contributed by atoms with Crippen LogP contribution >= 0.6 is 11.8 Å². The molecule has 0 spiro atoms. The first kappa shape index (κ1) is 14.3. The van der Waals surface area contributed by atoms with E-state index in [2.05, 4.69) is 13.8 Å². The first-order valence-electron chi connectivity index (χ1n) is 5.61. The molecule has 1 rings (SSSR count). The van der Waals surface area contributed by atoms with Gasteiger partial charge in [0.1, 0.15) is 17.4 Å². The molecule has 17 heavy (non-hydrogen) atoms. The molecule has 0 aromatic heterocycles. The van der Waals surface area contributed by atoms with Crippen molar-refractivity contribution in [1.82, 2.24) is 0 Å². The van der Waals surface area contributed by atoms with E-state index < -0.39 is 11.6 Å². The highest BCUT2D eigenvalue weighted by Gasteiger charge is 2.12. The van der Waals surface area contributed by atoms with E-state index >= 15 is 0 Å². The third-order valence-corrected chi connectivity index (χ3v) is 3.63. The number of rotatable bonds is 5. The summed E-state index contributed by atoms with van der Waals surface area (Å²) in [7, 11) is 0. The van der Waals surface area contributed by atoms with Gasteiger partial charge in [-0.25, -0.2) is 8.78 Å². The van der Waals surface area contributed by atoms with Crippen LogP contribution in [0.3, 0.4) is 0 Å². The lowest BCUT2D eigenvalue weighted by atomic mass is 9.99. The van der Waals surface area contributed by atoms with Gasteiger partial charge in [0.05, 0.1) is 11.5 Å². The largest absolute Gasteiger partial charge is 0.493 e. The zero-order chi connectivity index (χ0) is 13.0. The minimum absolute atomic E-state index is 0.0364. The molecular weight excluding hydrogens is 242 g/mol. The van der Waals surface area contributed by atoms with Crippen LogP contribution in [0.5, 0.6) is 5.75 Å². The van der Waals surface area contributed by atoms with E-state index in [4.69, 9.17) is 4.74 Å². The number of ether oxygens (including phenoxy) is 1. The summed E-state index contributed by atoms with van der Waals surface area (Å²) in [6, 6.07) is 2.48. The van der Waals surface area contributed by atoms with E-state index in [1.54, 1.807) is 6.26 Å². The van der Waals surface area contributed by atoms with Gasteiger partial charge in [0, 0.05) is 12.1 Å². The Hall–Kier alpha value is -0.770. The SMILES string of the molecule is CSc1c(F)cc(OCC(C)C(C)C)cc1F. The molecule has 0 aliphatic rings. The Balaban J connectivity index is 2.73. The summed E-state index contributed by atoms with van der Waals surface area (Å²) in [4.78, 5) is 0.0364. The zero-order valence-electron chi connectivity index (χ0n) is 10.6. The fourth-order valence-corrected chi connectivity index (χ4v) is 1.74. The molecule has 0 bridgehead atoms. The van der Waals surface area contributed by atoms with Gasteiger partial charge in [-0.3, -0.25) is 0 Å². The van der Waals surface area contributed by atoms with Gasteiger partial charge in [-0.05, 0) is 18.1 Å². The van der Waals surface area contributed by atoms with Crippen LogP contribution in [0.2, 0.25) is 0 Å². The molecule has 0 saturated heterocycles. The number of halogens is 2. The van der Waals surface area contributed by atoms with Crippen LogP contribution in [0, 0.1) is 23.5 Å². The van der Waals surface area contributed by atoms with Crippen molar-refractivity contribution in [2.75, 3.05) is 12.9 Å². The standard InChI is InChI=1S/C13H18F2OS/c1-8(2)9(3)7-16-10-5-11(14)13(17-4)12(15)6-10/h5-6,8-9H,7H2,1-4H3. The third kappa shape index (κ3) is 3.87. The molecule has 4 heteroatoms. The number of thioether (sulfide) groups is 1. The van der Waals surface area contributed by atoms with E-state index in [0.29, 0.717) is 18.4 Å². The molecule has 0 aliphatic carbocycles. The van der Waals surface area contributed by atoms with Gasteiger partial charge >= 0.3 is 0 Å². The molecular formula is C13H18F2OS. The topological polar surface area (TPSA) is 9.23 Å². The molecule has 1 aromatic rings. The summed E-state index contributed by atoms with van der Waals surface area (Å²) < 4.78 is 32.3. The van der Waals surface area contributed by atoms with Crippen molar-refractivity contribution in [2.24, 2.45) is 11.8 Å². The predicted octanol–water partition coefficient (Wildman–Crippen LogP) is 4.36. The zero-order valence-corrected chi connectivity index (χ0v) is 11.4. The van der Waals surface area contributed by atoms with E-state index in [0.717, 1.165) is 11.8 Å². The number of benzene rings is 1. The molecule has 0 saturated carbocycles. The van der Waals surface area contributed by atoms with E-state index in [1.807, 2.05) is 6.92 Å². The van der Waals surface area contributed by atoms with Crippen molar-refractivity contribution in [3.8, 4) is 5.75 Å². The fraction of sp³-hybridized carbons (Fsp3) is 0.538. The average Bonchev–Trinajstić information content (AvgIpc) is 2.25. The summed E-state index contributed by atoms with van der Waals surface area (Å²) in [5.41, 5.74) is 0. The number of hydrogen-bond donors (Lipinski definition) is 0. The van der Waals surface area contributed by atoms with Crippen LogP contribution in [0.4, 0.5) is 8.78 Å². The summed E-state index contributed by atoms with van der Waals surface area (Å²) in [6.07, 6.45) is 1.64. The Morgan fingerprint density at radius 2 is 1.71 bits per heavy atom. The first-order valence-corrected chi connectivity index (χ1v) is 6.84. The van der Waals surface area contributed by atoms with E-state index in [-0.39, 0.29) is 10.6 Å². The fourth-order valence-electron chi connectivity index (χ4n) is 1.24. The van der Waals surface area contributed by atoms with Gasteiger partial charge in [0.15, 0.2) is 0 Å². The van der Waals surface area contributed by atoms with Crippen LogP contribution in [0.25, 0.3) is 0 Å². The Labute approximate surface area is 106 Å². The van der Waals surface area contributed by atoms with Gasteiger partial charge < -0.3 is 4.74 Å². The van der Waals surface area contributed by atoms with Crippen molar-refractivity contribution in [1.29, 1.82) is 0 Å². The molecule has 96 valence electrons. The Bertz CT molecular complexity index is 357. The Kier molecular flexibility index (Phi) is 5.25. The second-order valence-corrected chi connectivity index (χ2v) is 5.27. The lowest BCUT2D eigenvalue weighted by molar-refractivity contribution is 0.221. The van der Waals surface area contributed by atoms with Crippen LogP contribution < -0.4 is 4.74 Å². The molecule has 1 atom stereocenters. The van der Waals surface area contributed by atoms with Crippen LogP contribution in [-0.4, -0.2) is 12.9 Å². The molecule has 0 fully saturated rings. The maximum Gasteiger partial charge on any atom is 0.143 e. The van der Waals surface area contributed by atoms with Crippen LogP contribution in [0.1, 0.15) is 20.8 Å². The van der Waals surface area contributed by atoms with Gasteiger partial charge in [0.2, 0.25) is 0 Å². The molecule has 0 heterocycles. The van der Waals surface area contributed by atoms with Crippen LogP contribution in [-0.2, 0) is 0 Å². The van der Waals surface area contributed by atoms with Gasteiger partial charge in [-0.15, -0.1) is 11.8 Å². The minimum Gasteiger partial charge on any atom is -0.493 e. The summed E-state index contributed by atoms with van der Waals surface area (Å²) in [6.45, 7) is 6.70. The quantitative estimate of drug-likeness (QED) is 0.728. The maximum absolute atomic E-state index is 13.5. The first-order chi connectivity index (χ1) is 7.95. The van der Waals surface area contributed by atoms with Gasteiger partial charge in [-0.1, -0.05) is 20.8 Å². The van der Waals surface area contributed by atoms with Crippen molar-refractivity contribution < 1.29 is 13.5 Å². The molecule has 0 radical (unpaired) electrons. The molecule has 1 aromatic carbocycles. The maximum atomic E-state index is 13.5. The molecule has 0 N–H and O–H groups in total. The van der Waals surface area contributed by atoms with Gasteiger partial charge in [0.25, 0.3) is 0 Å². The lowest BCUT2D eigenvalue weighted by Crippen LogP contribution is -2.14. The summed E-state index contributed by atoms with van der Waals surface area (Å²) in [5, 5.41) is 0. The highest BCUT2D eigenvalue weighted by molar-refractivity contribution is 7.98. The van der Waals surface area contributed by atoms with Crippen LogP contribution in [0.15, 0.2) is 17.0 Å². The lowest BCUT2D eigenvalue weighted by Gasteiger charge is -2.16. The summed E-state index contributed by atoms with van der Waals surface area (Å²) in [5.74, 6) is -0.0452. The van der Waals surface area contributed by atoms with E-state index in [1.165, 1.54) is 12.1 Å². The van der Waals surface area contributed by atoms with Crippen molar-refractivity contribution >= 4 is 11.8 Å². The highest BCUT2D eigenvalue weighted by atomic mass is 32.2. The average molecular weight is 260 g/mol. The third-order valence-electron chi connectivity index (χ3n) is 2.83. The Morgan fingerprint density at radius 1 is 1.18 bits per heavy atom. The van der Waals surface area contributed by atoms with Gasteiger partial charge in [-0.2, -0.15) is 0 Å². The summed E-state index contributed by atoms with van der Waals surface area (Å²) >= 11 is 1.05. The van der Waals surface area contributed by atoms with Crippen molar-refractivity contribution in [3.05, 3.63) is 23.8 Å². The monoisotopic (exact) mass is 260 g/mol. The predicted molar refractivity (Wildman–Crippen MR) is 67.6 cm³/mol. The molecule has 0 amide bonds. The van der Waals surface area contributed by atoms with E-state index in [9.17, 15) is 8.78 Å². The Morgan fingerprint density at radius 3 is 2.12 bits per heavy atom. The number of hydrogen-bond acceptors (Lipinski definition) is 2. The second-order valence-electron chi connectivity index (χ2n) is 4.45. The van der Waals surface area contributed by atoms with Crippen molar-refractivity contribution in [2.45, 2.75) is 25.7 Å². The normalized spacial score (nSPS) is 12.9.